The van der Waals surface area contributed by atoms with E-state index in [0.717, 1.165) is 0 Å². The molecule has 8 heteroatoms. The van der Waals surface area contributed by atoms with Crippen molar-refractivity contribution < 1.29 is 14.7 Å². The fourth-order valence-electron chi connectivity index (χ4n) is 3.28. The number of hydrogen-bond donors (Lipinski definition) is 2. The number of rotatable bonds is 5. The Balaban J connectivity index is 2.21. The second-order valence-electron chi connectivity index (χ2n) is 6.70. The average molecular weight is 490 g/mol. The second-order valence-corrected chi connectivity index (χ2v) is 7.99. The normalized spacial score (nSPS) is 10.7. The van der Waals surface area contributed by atoms with Crippen LogP contribution in [0.1, 0.15) is 21.6 Å². The van der Waals surface area contributed by atoms with Gasteiger partial charge in [0.15, 0.2) is 0 Å². The Bertz CT molecular complexity index is 1200. The molecule has 0 radical (unpaired) electrons. The van der Waals surface area contributed by atoms with Crippen molar-refractivity contribution in [3.63, 3.8) is 0 Å². The summed E-state index contributed by atoms with van der Waals surface area (Å²) in [4.78, 5) is 37.3. The maximum atomic E-state index is 13.0. The van der Waals surface area contributed by atoms with Crippen molar-refractivity contribution in [3.8, 4) is 11.1 Å². The maximum Gasteiger partial charge on any atom is 0.309 e. The van der Waals surface area contributed by atoms with E-state index < -0.39 is 17.4 Å². The molecule has 0 unspecified atom stereocenters. The molecule has 1 aromatic heterocycles. The number of carboxylic acid groups (broad SMARTS) is 1. The Hall–Kier alpha value is -2.90. The first kappa shape index (κ1) is 21.8. The molecule has 0 aliphatic rings. The molecule has 0 spiro atoms. The van der Waals surface area contributed by atoms with Crippen molar-refractivity contribution in [1.29, 1.82) is 0 Å². The number of anilines is 1. The van der Waals surface area contributed by atoms with Crippen LogP contribution in [0.4, 0.5) is 5.69 Å². The van der Waals surface area contributed by atoms with Gasteiger partial charge in [0.05, 0.1) is 12.0 Å². The van der Waals surface area contributed by atoms with E-state index >= 15 is 0 Å². The molecule has 30 heavy (non-hydrogen) atoms. The Labute approximate surface area is 186 Å². The van der Waals surface area contributed by atoms with Gasteiger partial charge in [0.25, 0.3) is 11.5 Å². The van der Waals surface area contributed by atoms with Crippen LogP contribution in [0, 0.1) is 6.92 Å². The molecule has 0 atom stereocenters. The number of amides is 1. The van der Waals surface area contributed by atoms with Crippen molar-refractivity contribution >= 4 is 45.1 Å². The SMILES string of the molecule is Cc1c(-c2ccc(Cl)cc2)c(CC(=O)O)n(C)c(=O)c1NC(=O)c1ccccc1Br. The van der Waals surface area contributed by atoms with Gasteiger partial charge in [-0.05, 0) is 58.2 Å². The number of aliphatic carboxylic acids is 1. The summed E-state index contributed by atoms with van der Waals surface area (Å²) in [5.41, 5.74) is 2.07. The fraction of sp³-hybridized carbons (Fsp3) is 0.136. The van der Waals surface area contributed by atoms with E-state index in [9.17, 15) is 19.5 Å². The number of nitrogens with one attached hydrogen (secondary N) is 1. The molecule has 0 aliphatic carbocycles. The molecule has 2 aromatic carbocycles. The van der Waals surface area contributed by atoms with E-state index in [1.807, 2.05) is 0 Å². The van der Waals surface area contributed by atoms with Crippen molar-refractivity contribution in [2.45, 2.75) is 13.3 Å². The zero-order valence-corrected chi connectivity index (χ0v) is 18.5. The smallest absolute Gasteiger partial charge is 0.309 e. The highest BCUT2D eigenvalue weighted by atomic mass is 79.9. The quantitative estimate of drug-likeness (QED) is 0.546. The molecule has 3 aromatic rings. The maximum absolute atomic E-state index is 13.0. The minimum absolute atomic E-state index is 0.0948. The van der Waals surface area contributed by atoms with E-state index in [0.29, 0.717) is 37.4 Å². The second kappa shape index (κ2) is 8.85. The number of halogens is 2. The minimum Gasteiger partial charge on any atom is -0.481 e. The van der Waals surface area contributed by atoms with Crippen LogP contribution in [0.2, 0.25) is 5.02 Å². The number of nitrogens with zero attached hydrogens (tertiary/aromatic N) is 1. The number of carbonyl (C=O) groups is 2. The van der Waals surface area contributed by atoms with Crippen LogP contribution in [0.3, 0.4) is 0 Å². The highest BCUT2D eigenvalue weighted by Gasteiger charge is 2.22. The number of carbonyl (C=O) groups excluding carboxylic acids is 1. The van der Waals surface area contributed by atoms with Crippen LogP contribution >= 0.6 is 27.5 Å². The van der Waals surface area contributed by atoms with Gasteiger partial charge in [0.1, 0.15) is 5.69 Å². The van der Waals surface area contributed by atoms with Gasteiger partial charge >= 0.3 is 5.97 Å². The molecule has 2 N–H and O–H groups in total. The largest absolute Gasteiger partial charge is 0.481 e. The van der Waals surface area contributed by atoms with Crippen molar-refractivity contribution in [2.75, 3.05) is 5.32 Å². The van der Waals surface area contributed by atoms with E-state index in [-0.39, 0.29) is 12.1 Å². The number of hydrogen-bond acceptors (Lipinski definition) is 3. The van der Waals surface area contributed by atoms with Crippen molar-refractivity contribution in [3.05, 3.63) is 85.2 Å². The van der Waals surface area contributed by atoms with Crippen LogP contribution in [-0.4, -0.2) is 21.6 Å². The molecule has 0 saturated heterocycles. The third-order valence-corrected chi connectivity index (χ3v) is 5.71. The molecule has 1 amide bonds. The summed E-state index contributed by atoms with van der Waals surface area (Å²) >= 11 is 9.33. The average Bonchev–Trinajstić information content (AvgIpc) is 2.70. The third-order valence-electron chi connectivity index (χ3n) is 4.77. The van der Waals surface area contributed by atoms with Gasteiger partial charge in [0, 0.05) is 27.8 Å². The van der Waals surface area contributed by atoms with E-state index in [4.69, 9.17) is 11.6 Å². The lowest BCUT2D eigenvalue weighted by atomic mass is 9.95. The van der Waals surface area contributed by atoms with Gasteiger partial charge in [-0.15, -0.1) is 0 Å². The van der Waals surface area contributed by atoms with Crippen LogP contribution < -0.4 is 10.9 Å². The lowest BCUT2D eigenvalue weighted by Gasteiger charge is -2.20. The van der Waals surface area contributed by atoms with Crippen LogP contribution in [-0.2, 0) is 18.3 Å². The summed E-state index contributed by atoms with van der Waals surface area (Å²) in [6.07, 6.45) is -0.344. The molecule has 0 aliphatic heterocycles. The molecule has 0 bridgehead atoms. The zero-order valence-electron chi connectivity index (χ0n) is 16.2. The lowest BCUT2D eigenvalue weighted by Crippen LogP contribution is -2.29. The van der Waals surface area contributed by atoms with Gasteiger partial charge in [-0.25, -0.2) is 0 Å². The first-order valence-corrected chi connectivity index (χ1v) is 10.1. The molecule has 154 valence electrons. The lowest BCUT2D eigenvalue weighted by molar-refractivity contribution is -0.136. The summed E-state index contributed by atoms with van der Waals surface area (Å²) in [6, 6.07) is 13.7. The Morgan fingerprint density at radius 3 is 2.37 bits per heavy atom. The number of carboxylic acids is 1. The zero-order chi connectivity index (χ0) is 22.0. The number of benzene rings is 2. The Morgan fingerprint density at radius 2 is 1.77 bits per heavy atom. The molecule has 6 nitrogen and oxygen atoms in total. The Kier molecular flexibility index (Phi) is 6.43. The Morgan fingerprint density at radius 1 is 1.13 bits per heavy atom. The summed E-state index contributed by atoms with van der Waals surface area (Å²) < 4.78 is 1.86. The van der Waals surface area contributed by atoms with Gasteiger partial charge in [0.2, 0.25) is 0 Å². The van der Waals surface area contributed by atoms with Crippen LogP contribution in [0.25, 0.3) is 11.1 Å². The highest BCUT2D eigenvalue weighted by molar-refractivity contribution is 9.10. The van der Waals surface area contributed by atoms with E-state index in [2.05, 4.69) is 21.2 Å². The summed E-state index contributed by atoms with van der Waals surface area (Å²) in [6.45, 7) is 1.69. The van der Waals surface area contributed by atoms with E-state index in [1.54, 1.807) is 55.5 Å². The standard InChI is InChI=1S/C22H18BrClN2O4/c1-12-19(13-7-9-14(24)10-8-13)17(11-18(27)28)26(2)22(30)20(12)25-21(29)15-5-3-4-6-16(15)23/h3-10H,11H2,1-2H3,(H,25,29)(H,27,28). The minimum atomic E-state index is -1.07. The number of aromatic nitrogens is 1. The summed E-state index contributed by atoms with van der Waals surface area (Å²) in [5, 5.41) is 12.6. The predicted octanol–water partition coefficient (Wildman–Crippen LogP) is 4.66. The molecule has 3 rings (SSSR count). The predicted molar refractivity (Wildman–Crippen MR) is 120 cm³/mol. The monoisotopic (exact) mass is 488 g/mol. The summed E-state index contributed by atoms with van der Waals surface area (Å²) in [5.74, 6) is -1.51. The topological polar surface area (TPSA) is 88.4 Å². The van der Waals surface area contributed by atoms with Gasteiger partial charge < -0.3 is 15.0 Å². The molecule has 0 fully saturated rings. The number of pyridine rings is 1. The van der Waals surface area contributed by atoms with E-state index in [1.165, 1.54) is 11.6 Å². The van der Waals surface area contributed by atoms with Crippen molar-refractivity contribution in [1.82, 2.24) is 4.57 Å². The highest BCUT2D eigenvalue weighted by Crippen LogP contribution is 2.32. The molecular formula is C22H18BrClN2O4. The van der Waals surface area contributed by atoms with Gasteiger partial charge in [-0.2, -0.15) is 0 Å². The molecular weight excluding hydrogens is 472 g/mol. The van der Waals surface area contributed by atoms with Crippen LogP contribution in [0.5, 0.6) is 0 Å². The molecule has 1 heterocycles. The molecule has 0 saturated carbocycles. The van der Waals surface area contributed by atoms with Gasteiger partial charge in [-0.3, -0.25) is 14.4 Å². The van der Waals surface area contributed by atoms with Crippen LogP contribution in [0.15, 0.2) is 57.8 Å². The van der Waals surface area contributed by atoms with Gasteiger partial charge in [-0.1, -0.05) is 35.9 Å². The fourth-order valence-corrected chi connectivity index (χ4v) is 3.87. The summed E-state index contributed by atoms with van der Waals surface area (Å²) in [7, 11) is 1.49. The first-order chi connectivity index (χ1) is 14.2. The third kappa shape index (κ3) is 4.32. The van der Waals surface area contributed by atoms with Crippen molar-refractivity contribution in [2.24, 2.45) is 7.05 Å². The first-order valence-electron chi connectivity index (χ1n) is 8.96.